The minimum Gasteiger partial charge on any atom is -0.494 e. The lowest BCUT2D eigenvalue weighted by atomic mass is 9.87. The number of carbonyl (C=O) groups is 1. The van der Waals surface area contributed by atoms with Crippen LogP contribution in [0.1, 0.15) is 32.3 Å². The molecule has 1 aromatic carbocycles. The van der Waals surface area contributed by atoms with Gasteiger partial charge in [-0.05, 0) is 31.7 Å². The van der Waals surface area contributed by atoms with E-state index in [4.69, 9.17) is 9.47 Å². The van der Waals surface area contributed by atoms with E-state index >= 15 is 0 Å². The van der Waals surface area contributed by atoms with E-state index < -0.39 is 0 Å². The van der Waals surface area contributed by atoms with Gasteiger partial charge in [0.2, 0.25) is 5.91 Å². The van der Waals surface area contributed by atoms with Crippen molar-refractivity contribution < 1.29 is 14.3 Å². The molecule has 4 heteroatoms. The summed E-state index contributed by atoms with van der Waals surface area (Å²) in [5, 5.41) is 3.04. The van der Waals surface area contributed by atoms with Crippen LogP contribution in [0.15, 0.2) is 24.3 Å². The Bertz CT molecular complexity index is 455. The molecule has 1 heterocycles. The third-order valence-corrected chi connectivity index (χ3v) is 4.11. The number of para-hydroxylation sites is 1. The second-order valence-corrected chi connectivity index (χ2v) is 5.50. The van der Waals surface area contributed by atoms with Crippen molar-refractivity contribution in [1.29, 1.82) is 0 Å². The molecule has 0 spiro atoms. The molecule has 1 aliphatic rings. The van der Waals surface area contributed by atoms with Crippen LogP contribution in [-0.2, 0) is 16.1 Å². The highest BCUT2D eigenvalue weighted by atomic mass is 16.5. The largest absolute Gasteiger partial charge is 0.494 e. The van der Waals surface area contributed by atoms with Gasteiger partial charge in [0.1, 0.15) is 5.75 Å². The summed E-state index contributed by atoms with van der Waals surface area (Å²) < 4.78 is 10.9. The first-order valence-corrected chi connectivity index (χ1v) is 7.78. The zero-order chi connectivity index (χ0) is 15.1. The smallest absolute Gasteiger partial charge is 0.223 e. The molecule has 1 aromatic rings. The van der Waals surface area contributed by atoms with Crippen LogP contribution in [0.4, 0.5) is 0 Å². The first kappa shape index (κ1) is 15.8. The quantitative estimate of drug-likeness (QED) is 0.876. The molecule has 1 amide bonds. The summed E-state index contributed by atoms with van der Waals surface area (Å²) in [7, 11) is 0. The van der Waals surface area contributed by atoms with Crippen molar-refractivity contribution in [3.8, 4) is 5.75 Å². The molecular weight excluding hydrogens is 266 g/mol. The molecule has 2 rings (SSSR count). The van der Waals surface area contributed by atoms with Crippen LogP contribution in [0.3, 0.4) is 0 Å². The van der Waals surface area contributed by atoms with Crippen molar-refractivity contribution in [3.63, 3.8) is 0 Å². The van der Waals surface area contributed by atoms with Crippen molar-refractivity contribution in [2.75, 3.05) is 19.8 Å². The number of rotatable bonds is 6. The molecule has 0 radical (unpaired) electrons. The van der Waals surface area contributed by atoms with Crippen molar-refractivity contribution in [2.45, 2.75) is 33.2 Å². The van der Waals surface area contributed by atoms with E-state index in [0.29, 0.717) is 19.1 Å². The van der Waals surface area contributed by atoms with Crippen LogP contribution in [0.25, 0.3) is 0 Å². The number of benzene rings is 1. The number of ether oxygens (including phenoxy) is 2. The molecule has 0 saturated carbocycles. The van der Waals surface area contributed by atoms with Gasteiger partial charge in [0.05, 0.1) is 6.61 Å². The van der Waals surface area contributed by atoms with E-state index in [1.807, 2.05) is 38.1 Å². The zero-order valence-electron chi connectivity index (χ0n) is 12.9. The fraction of sp³-hybridized carbons (Fsp3) is 0.588. The van der Waals surface area contributed by atoms with Crippen LogP contribution in [-0.4, -0.2) is 25.7 Å². The van der Waals surface area contributed by atoms with Gasteiger partial charge in [-0.25, -0.2) is 0 Å². The lowest BCUT2D eigenvalue weighted by molar-refractivity contribution is -0.127. The van der Waals surface area contributed by atoms with Gasteiger partial charge in [0.15, 0.2) is 0 Å². The molecule has 0 aliphatic carbocycles. The predicted octanol–water partition coefficient (Wildman–Crippen LogP) is 2.76. The van der Waals surface area contributed by atoms with Crippen LogP contribution in [0.2, 0.25) is 0 Å². The zero-order valence-corrected chi connectivity index (χ0v) is 12.9. The van der Waals surface area contributed by atoms with E-state index in [9.17, 15) is 4.79 Å². The summed E-state index contributed by atoms with van der Waals surface area (Å²) in [5.41, 5.74) is 1.02. The van der Waals surface area contributed by atoms with Crippen molar-refractivity contribution in [1.82, 2.24) is 5.32 Å². The van der Waals surface area contributed by atoms with Crippen LogP contribution >= 0.6 is 0 Å². The number of nitrogens with one attached hydrogen (secondary N) is 1. The molecule has 1 unspecified atom stereocenters. The lowest BCUT2D eigenvalue weighted by Gasteiger charge is -2.27. The minimum absolute atomic E-state index is 0.0353. The van der Waals surface area contributed by atoms with E-state index in [1.165, 1.54) is 0 Å². The fourth-order valence-electron chi connectivity index (χ4n) is 2.72. The number of hydrogen-bond donors (Lipinski definition) is 1. The maximum atomic E-state index is 12.3. The number of carbonyl (C=O) groups excluding carboxylic acids is 1. The Kier molecular flexibility index (Phi) is 6.05. The predicted molar refractivity (Wildman–Crippen MR) is 82.2 cm³/mol. The summed E-state index contributed by atoms with van der Waals surface area (Å²) in [4.78, 5) is 12.3. The third kappa shape index (κ3) is 4.46. The summed E-state index contributed by atoms with van der Waals surface area (Å²) in [6, 6.07) is 7.84. The fourth-order valence-corrected chi connectivity index (χ4v) is 2.72. The lowest BCUT2D eigenvalue weighted by Crippen LogP contribution is -2.35. The molecular formula is C17H25NO3. The highest BCUT2D eigenvalue weighted by Gasteiger charge is 2.25. The average molecular weight is 291 g/mol. The Hall–Kier alpha value is -1.55. The first-order chi connectivity index (χ1) is 10.2. The summed E-state index contributed by atoms with van der Waals surface area (Å²) in [6.07, 6.45) is 1.95. The normalized spacial score (nSPS) is 17.2. The van der Waals surface area contributed by atoms with E-state index in [-0.39, 0.29) is 11.8 Å². The summed E-state index contributed by atoms with van der Waals surface area (Å²) >= 11 is 0. The van der Waals surface area contributed by atoms with E-state index in [2.05, 4.69) is 5.32 Å². The van der Waals surface area contributed by atoms with Gasteiger partial charge in [-0.3, -0.25) is 4.79 Å². The molecule has 1 aliphatic heterocycles. The van der Waals surface area contributed by atoms with Crippen LogP contribution < -0.4 is 10.1 Å². The molecule has 4 nitrogen and oxygen atoms in total. The Labute approximate surface area is 126 Å². The molecule has 21 heavy (non-hydrogen) atoms. The maximum absolute atomic E-state index is 12.3. The monoisotopic (exact) mass is 291 g/mol. The minimum atomic E-state index is 0.0353. The third-order valence-electron chi connectivity index (χ3n) is 4.11. The van der Waals surface area contributed by atoms with Crippen molar-refractivity contribution >= 4 is 5.91 Å². The Morgan fingerprint density at radius 1 is 1.38 bits per heavy atom. The van der Waals surface area contributed by atoms with Crippen molar-refractivity contribution in [3.05, 3.63) is 29.8 Å². The average Bonchev–Trinajstić information content (AvgIpc) is 2.54. The van der Waals surface area contributed by atoms with E-state index in [0.717, 1.165) is 37.4 Å². The molecule has 0 bridgehead atoms. The van der Waals surface area contributed by atoms with Crippen LogP contribution in [0.5, 0.6) is 5.75 Å². The number of amides is 1. The molecule has 1 saturated heterocycles. The maximum Gasteiger partial charge on any atom is 0.223 e. The highest BCUT2D eigenvalue weighted by molar-refractivity contribution is 5.78. The Morgan fingerprint density at radius 2 is 2.10 bits per heavy atom. The molecule has 0 aromatic heterocycles. The summed E-state index contributed by atoms with van der Waals surface area (Å²) in [5.74, 6) is 1.43. The molecule has 1 atom stereocenters. The SMILES string of the molecule is CCOc1ccccc1CNC(=O)C(C)C1CCOCC1. The highest BCUT2D eigenvalue weighted by Crippen LogP contribution is 2.24. The number of hydrogen-bond acceptors (Lipinski definition) is 3. The van der Waals surface area contributed by atoms with Gasteiger partial charge < -0.3 is 14.8 Å². The Morgan fingerprint density at radius 3 is 2.81 bits per heavy atom. The second kappa shape index (κ2) is 8.03. The van der Waals surface area contributed by atoms with Crippen LogP contribution in [0, 0.1) is 11.8 Å². The molecule has 1 fully saturated rings. The standard InChI is InChI=1S/C17H25NO3/c1-3-21-16-7-5-4-6-15(16)12-18-17(19)13(2)14-8-10-20-11-9-14/h4-7,13-14H,3,8-12H2,1-2H3,(H,18,19). The van der Waals surface area contributed by atoms with Gasteiger partial charge >= 0.3 is 0 Å². The van der Waals surface area contributed by atoms with Gasteiger partial charge in [-0.1, -0.05) is 25.1 Å². The topological polar surface area (TPSA) is 47.6 Å². The first-order valence-electron chi connectivity index (χ1n) is 7.78. The van der Waals surface area contributed by atoms with Gasteiger partial charge in [-0.15, -0.1) is 0 Å². The molecule has 1 N–H and O–H groups in total. The van der Waals surface area contributed by atoms with E-state index in [1.54, 1.807) is 0 Å². The summed E-state index contributed by atoms with van der Waals surface area (Å²) in [6.45, 7) is 6.67. The molecule has 116 valence electrons. The van der Waals surface area contributed by atoms with Crippen molar-refractivity contribution in [2.24, 2.45) is 11.8 Å². The second-order valence-electron chi connectivity index (χ2n) is 5.50. The Balaban J connectivity index is 1.88. The van der Waals surface area contributed by atoms with Gasteiger partial charge in [0, 0.05) is 31.2 Å². The van der Waals surface area contributed by atoms with Gasteiger partial charge in [0.25, 0.3) is 0 Å². The van der Waals surface area contributed by atoms with Gasteiger partial charge in [-0.2, -0.15) is 0 Å².